The van der Waals surface area contributed by atoms with Gasteiger partial charge in [-0.15, -0.1) is 0 Å². The van der Waals surface area contributed by atoms with Crippen LogP contribution in [0, 0.1) is 0 Å². The van der Waals surface area contributed by atoms with Crippen LogP contribution in [-0.4, -0.2) is 59.2 Å². The van der Waals surface area contributed by atoms with Gasteiger partial charge < -0.3 is 25.4 Å². The first kappa shape index (κ1) is 23.1. The molecule has 0 aliphatic heterocycles. The maximum Gasteiger partial charge on any atom is 0.335 e. The van der Waals surface area contributed by atoms with Crippen LogP contribution in [0.4, 0.5) is 0 Å². The average molecular weight is 442 g/mol. The number of hydrogen-bond acceptors (Lipinski definition) is 5. The quantitative estimate of drug-likeness (QED) is 0.473. The number of amides is 1. The number of carboxylic acids is 1. The van der Waals surface area contributed by atoms with Gasteiger partial charge in [-0.25, -0.2) is 4.79 Å². The highest BCUT2D eigenvalue weighted by Gasteiger charge is 2.32. The first-order valence-electron chi connectivity index (χ1n) is 8.64. The second-order valence-corrected chi connectivity index (χ2v) is 7.31. The fraction of sp³-hybridized carbons (Fsp3) is 0.300. The Morgan fingerprint density at radius 2 is 1.62 bits per heavy atom. The molecular weight excluding hydrogens is 421 g/mol. The van der Waals surface area contributed by atoms with Gasteiger partial charge in [-0.2, -0.15) is 0 Å². The summed E-state index contributed by atoms with van der Waals surface area (Å²) in [6, 6.07) is 11.3. The van der Waals surface area contributed by atoms with E-state index < -0.39 is 30.1 Å². The number of hydrogen-bond donors (Lipinski definition) is 4. The van der Waals surface area contributed by atoms with Crippen LogP contribution in [0.3, 0.4) is 0 Å². The van der Waals surface area contributed by atoms with Crippen molar-refractivity contribution in [1.29, 1.82) is 0 Å². The van der Waals surface area contributed by atoms with Crippen molar-refractivity contribution in [2.45, 2.75) is 24.7 Å². The standard InChI is InChI=1S/C20H21Cl2NO6/c1-29-10-17(24)23-16(18(25)19(26)20(27)28)6-11-2-4-12(5-3-11)13-7-14(21)9-15(22)8-13/h2-5,7-9,16,18-19,25-26H,6,10H2,1H3,(H,23,24)(H,27,28)/t16-,18+,19-/m0/s1. The van der Waals surface area contributed by atoms with Gasteiger partial charge in [0.25, 0.3) is 0 Å². The molecule has 0 aliphatic rings. The summed E-state index contributed by atoms with van der Waals surface area (Å²) in [7, 11) is 1.33. The number of halogens is 2. The zero-order chi connectivity index (χ0) is 21.6. The number of methoxy groups -OCH3 is 1. The van der Waals surface area contributed by atoms with E-state index in [0.29, 0.717) is 15.6 Å². The third kappa shape index (κ3) is 6.69. The molecular formula is C20H21Cl2NO6. The minimum atomic E-state index is -2.05. The molecule has 0 aliphatic carbocycles. The van der Waals surface area contributed by atoms with Gasteiger partial charge in [-0.05, 0) is 41.3 Å². The minimum Gasteiger partial charge on any atom is -0.479 e. The molecule has 2 aromatic carbocycles. The summed E-state index contributed by atoms with van der Waals surface area (Å²) < 4.78 is 4.73. The van der Waals surface area contributed by atoms with E-state index in [9.17, 15) is 19.8 Å². The molecule has 0 spiro atoms. The molecule has 0 radical (unpaired) electrons. The van der Waals surface area contributed by atoms with Crippen LogP contribution in [-0.2, 0) is 20.7 Å². The van der Waals surface area contributed by atoms with E-state index in [1.54, 1.807) is 30.3 Å². The Balaban J connectivity index is 2.20. The number of carbonyl (C=O) groups excluding carboxylic acids is 1. The topological polar surface area (TPSA) is 116 Å². The van der Waals surface area contributed by atoms with Crippen LogP contribution < -0.4 is 5.32 Å². The third-order valence-electron chi connectivity index (χ3n) is 4.22. The van der Waals surface area contributed by atoms with Crippen molar-refractivity contribution in [3.63, 3.8) is 0 Å². The van der Waals surface area contributed by atoms with E-state index in [1.165, 1.54) is 7.11 Å². The number of nitrogens with one attached hydrogen (secondary N) is 1. The zero-order valence-corrected chi connectivity index (χ0v) is 17.0. The molecule has 3 atom stereocenters. The summed E-state index contributed by atoms with van der Waals surface area (Å²) in [6.45, 7) is -0.263. The highest BCUT2D eigenvalue weighted by atomic mass is 35.5. The lowest BCUT2D eigenvalue weighted by atomic mass is 9.96. The number of ether oxygens (including phenoxy) is 1. The van der Waals surface area contributed by atoms with E-state index in [1.807, 2.05) is 12.1 Å². The Morgan fingerprint density at radius 1 is 1.03 bits per heavy atom. The maximum atomic E-state index is 11.8. The van der Waals surface area contributed by atoms with Gasteiger partial charge in [0.15, 0.2) is 6.10 Å². The first-order valence-corrected chi connectivity index (χ1v) is 9.39. The van der Waals surface area contributed by atoms with Crippen molar-refractivity contribution in [2.75, 3.05) is 13.7 Å². The number of benzene rings is 2. The molecule has 0 bridgehead atoms. The van der Waals surface area contributed by atoms with Crippen LogP contribution in [0.15, 0.2) is 42.5 Å². The highest BCUT2D eigenvalue weighted by Crippen LogP contribution is 2.27. The second kappa shape index (κ2) is 10.6. The van der Waals surface area contributed by atoms with E-state index in [-0.39, 0.29) is 13.0 Å². The summed E-state index contributed by atoms with van der Waals surface area (Å²) in [6.07, 6.45) is -3.66. The van der Waals surface area contributed by atoms with Crippen LogP contribution >= 0.6 is 23.2 Å². The minimum absolute atomic E-state index is 0.0948. The van der Waals surface area contributed by atoms with Gasteiger partial charge in [0.2, 0.25) is 5.91 Å². The Hall–Kier alpha value is -2.16. The third-order valence-corrected chi connectivity index (χ3v) is 4.65. The molecule has 0 heterocycles. The summed E-state index contributed by atoms with van der Waals surface area (Å²) in [5.41, 5.74) is 2.38. The molecule has 29 heavy (non-hydrogen) atoms. The summed E-state index contributed by atoms with van der Waals surface area (Å²) in [5.74, 6) is -2.13. The van der Waals surface area contributed by atoms with Crippen LogP contribution in [0.5, 0.6) is 0 Å². The largest absolute Gasteiger partial charge is 0.479 e. The predicted molar refractivity (Wildman–Crippen MR) is 109 cm³/mol. The Morgan fingerprint density at radius 3 is 2.14 bits per heavy atom. The monoisotopic (exact) mass is 441 g/mol. The Bertz CT molecular complexity index is 838. The van der Waals surface area contributed by atoms with Crippen molar-refractivity contribution in [3.05, 3.63) is 58.1 Å². The number of carbonyl (C=O) groups is 2. The number of carboxylic acid groups (broad SMARTS) is 1. The summed E-state index contributed by atoms with van der Waals surface area (Å²) in [4.78, 5) is 22.8. The number of rotatable bonds is 9. The van der Waals surface area contributed by atoms with E-state index >= 15 is 0 Å². The molecule has 0 aromatic heterocycles. The molecule has 0 unspecified atom stereocenters. The number of aliphatic hydroxyl groups is 2. The molecule has 1 amide bonds. The van der Waals surface area contributed by atoms with Crippen molar-refractivity contribution in [3.8, 4) is 11.1 Å². The fourth-order valence-corrected chi connectivity index (χ4v) is 3.34. The zero-order valence-electron chi connectivity index (χ0n) is 15.5. The van der Waals surface area contributed by atoms with Crippen molar-refractivity contribution in [2.24, 2.45) is 0 Å². The van der Waals surface area contributed by atoms with Crippen molar-refractivity contribution in [1.82, 2.24) is 5.32 Å². The lowest BCUT2D eigenvalue weighted by molar-refractivity contribution is -0.154. The van der Waals surface area contributed by atoms with Gasteiger partial charge in [-0.3, -0.25) is 4.79 Å². The van der Waals surface area contributed by atoms with Gasteiger partial charge in [0.1, 0.15) is 12.7 Å². The normalized spacial score (nSPS) is 14.1. The number of aliphatic carboxylic acids is 1. The summed E-state index contributed by atoms with van der Waals surface area (Å²) in [5, 5.41) is 32.3. The molecule has 0 fully saturated rings. The Kier molecular flexibility index (Phi) is 8.43. The van der Waals surface area contributed by atoms with Gasteiger partial charge in [0.05, 0.1) is 6.04 Å². The fourth-order valence-electron chi connectivity index (χ4n) is 2.81. The second-order valence-electron chi connectivity index (χ2n) is 6.44. The lowest BCUT2D eigenvalue weighted by Gasteiger charge is -2.26. The molecule has 4 N–H and O–H groups in total. The smallest absolute Gasteiger partial charge is 0.335 e. The molecule has 2 aromatic rings. The maximum absolute atomic E-state index is 11.8. The molecule has 9 heteroatoms. The Labute approximate surface area is 177 Å². The van der Waals surface area contributed by atoms with E-state index in [2.05, 4.69) is 5.32 Å². The number of aliphatic hydroxyl groups excluding tert-OH is 2. The molecule has 0 saturated heterocycles. The summed E-state index contributed by atoms with van der Waals surface area (Å²) >= 11 is 12.1. The highest BCUT2D eigenvalue weighted by molar-refractivity contribution is 6.35. The van der Waals surface area contributed by atoms with Gasteiger partial charge >= 0.3 is 5.97 Å². The molecule has 7 nitrogen and oxygen atoms in total. The van der Waals surface area contributed by atoms with Crippen molar-refractivity contribution >= 4 is 35.1 Å². The van der Waals surface area contributed by atoms with Crippen LogP contribution in [0.1, 0.15) is 5.56 Å². The SMILES string of the molecule is COCC(=O)N[C@@H](Cc1ccc(-c2cc(Cl)cc(Cl)c2)cc1)[C@@H](O)[C@H](O)C(=O)O. The predicted octanol–water partition coefficient (Wildman–Crippen LogP) is 2.14. The van der Waals surface area contributed by atoms with Gasteiger partial charge in [-0.1, -0.05) is 47.5 Å². The average Bonchev–Trinajstić information content (AvgIpc) is 2.66. The van der Waals surface area contributed by atoms with Crippen LogP contribution in [0.25, 0.3) is 11.1 Å². The van der Waals surface area contributed by atoms with E-state index in [0.717, 1.165) is 11.1 Å². The molecule has 156 valence electrons. The molecule has 0 saturated carbocycles. The van der Waals surface area contributed by atoms with E-state index in [4.69, 9.17) is 33.0 Å². The van der Waals surface area contributed by atoms with Crippen LogP contribution in [0.2, 0.25) is 10.0 Å². The van der Waals surface area contributed by atoms with Gasteiger partial charge in [0, 0.05) is 17.2 Å². The molecule has 2 rings (SSSR count). The lowest BCUT2D eigenvalue weighted by Crippen LogP contribution is -2.52. The van der Waals surface area contributed by atoms with Crippen molar-refractivity contribution < 1.29 is 29.6 Å². The first-order chi connectivity index (χ1) is 13.7.